The van der Waals surface area contributed by atoms with Gasteiger partial charge in [0, 0.05) is 6.54 Å². The Morgan fingerprint density at radius 2 is 2.11 bits per heavy atom. The quantitative estimate of drug-likeness (QED) is 0.810. The lowest BCUT2D eigenvalue weighted by atomic mass is 9.96. The van der Waals surface area contributed by atoms with Gasteiger partial charge in [0.2, 0.25) is 0 Å². The van der Waals surface area contributed by atoms with E-state index in [9.17, 15) is 9.59 Å². The second-order valence-corrected chi connectivity index (χ2v) is 6.46. The summed E-state index contributed by atoms with van der Waals surface area (Å²) in [7, 11) is 0. The van der Waals surface area contributed by atoms with Crippen LogP contribution in [0.15, 0.2) is 0 Å². The van der Waals surface area contributed by atoms with E-state index >= 15 is 0 Å². The first-order valence-electron chi connectivity index (χ1n) is 6.54. The third kappa shape index (κ3) is 3.18. The highest BCUT2D eigenvalue weighted by atomic mass is 16.6. The standard InChI is InChI=1S/C13H21NO5/c1-12(2,3)19-11(17)14-7-13-4-8(6-18-13)9(5-13)10(15)16/h8-9H,4-7H2,1-3H3,(H,14,17)(H,15,16). The molecule has 1 saturated heterocycles. The molecule has 0 aromatic carbocycles. The van der Waals surface area contributed by atoms with E-state index in [1.54, 1.807) is 20.8 Å². The number of carboxylic acids is 1. The molecule has 6 heteroatoms. The van der Waals surface area contributed by atoms with Gasteiger partial charge in [-0.2, -0.15) is 0 Å². The largest absolute Gasteiger partial charge is 0.481 e. The highest BCUT2D eigenvalue weighted by Crippen LogP contribution is 2.47. The molecule has 6 nitrogen and oxygen atoms in total. The van der Waals surface area contributed by atoms with Crippen molar-refractivity contribution in [2.75, 3.05) is 13.2 Å². The summed E-state index contributed by atoms with van der Waals surface area (Å²) in [4.78, 5) is 22.7. The maximum atomic E-state index is 11.6. The zero-order valence-electron chi connectivity index (χ0n) is 11.6. The molecule has 0 spiro atoms. The van der Waals surface area contributed by atoms with Crippen molar-refractivity contribution < 1.29 is 24.2 Å². The third-order valence-electron chi connectivity index (χ3n) is 3.67. The highest BCUT2D eigenvalue weighted by molar-refractivity contribution is 5.71. The molecule has 0 aromatic heterocycles. The fourth-order valence-corrected chi connectivity index (χ4v) is 2.88. The predicted octanol–water partition coefficient (Wildman–Crippen LogP) is 1.39. The molecule has 0 radical (unpaired) electrons. The zero-order valence-corrected chi connectivity index (χ0v) is 11.6. The molecule has 1 amide bonds. The van der Waals surface area contributed by atoms with Gasteiger partial charge in [0.15, 0.2) is 0 Å². The lowest BCUT2D eigenvalue weighted by molar-refractivity contribution is -0.147. The summed E-state index contributed by atoms with van der Waals surface area (Å²) in [6.45, 7) is 6.16. The fourth-order valence-electron chi connectivity index (χ4n) is 2.88. The van der Waals surface area contributed by atoms with Crippen molar-refractivity contribution in [1.29, 1.82) is 0 Å². The van der Waals surface area contributed by atoms with Gasteiger partial charge >= 0.3 is 12.1 Å². The second kappa shape index (κ2) is 4.67. The molecule has 3 unspecified atom stereocenters. The van der Waals surface area contributed by atoms with Gasteiger partial charge in [-0.05, 0) is 39.5 Å². The third-order valence-corrected chi connectivity index (χ3v) is 3.67. The number of amides is 1. The van der Waals surface area contributed by atoms with E-state index in [0.717, 1.165) is 0 Å². The van der Waals surface area contributed by atoms with E-state index in [-0.39, 0.29) is 11.8 Å². The zero-order chi connectivity index (χ0) is 14.3. The molecular weight excluding hydrogens is 250 g/mol. The number of nitrogens with one attached hydrogen (secondary N) is 1. The number of aliphatic carboxylic acids is 1. The van der Waals surface area contributed by atoms with Crippen molar-refractivity contribution in [3.8, 4) is 0 Å². The van der Waals surface area contributed by atoms with Crippen LogP contribution in [0, 0.1) is 11.8 Å². The van der Waals surface area contributed by atoms with Crippen LogP contribution in [-0.4, -0.2) is 41.5 Å². The topological polar surface area (TPSA) is 84.9 Å². The van der Waals surface area contributed by atoms with E-state index in [4.69, 9.17) is 14.6 Å². The number of carbonyl (C=O) groups is 2. The molecule has 108 valence electrons. The average Bonchev–Trinajstić information content (AvgIpc) is 2.82. The SMILES string of the molecule is CC(C)(C)OC(=O)NCC12CC(CO1)C(C(=O)O)C2. The van der Waals surface area contributed by atoms with Crippen molar-refractivity contribution >= 4 is 12.1 Å². The molecular formula is C13H21NO5. The minimum Gasteiger partial charge on any atom is -0.481 e. The van der Waals surface area contributed by atoms with Crippen LogP contribution >= 0.6 is 0 Å². The van der Waals surface area contributed by atoms with Crippen LogP contribution < -0.4 is 5.32 Å². The van der Waals surface area contributed by atoms with Crippen LogP contribution in [-0.2, 0) is 14.3 Å². The van der Waals surface area contributed by atoms with Crippen LogP contribution in [0.4, 0.5) is 4.79 Å². The van der Waals surface area contributed by atoms with Gasteiger partial charge in [-0.25, -0.2) is 4.79 Å². The Bertz CT molecular complexity index is 389. The van der Waals surface area contributed by atoms with E-state index in [1.165, 1.54) is 0 Å². The van der Waals surface area contributed by atoms with Crippen molar-refractivity contribution in [2.45, 2.75) is 44.8 Å². The maximum absolute atomic E-state index is 11.6. The van der Waals surface area contributed by atoms with Crippen LogP contribution in [0.2, 0.25) is 0 Å². The summed E-state index contributed by atoms with van der Waals surface area (Å²) in [6.07, 6.45) is 0.662. The number of hydrogen-bond acceptors (Lipinski definition) is 4. The number of carboxylic acid groups (broad SMARTS) is 1. The number of ether oxygens (including phenoxy) is 2. The van der Waals surface area contributed by atoms with Gasteiger partial charge in [-0.15, -0.1) is 0 Å². The first kappa shape index (κ1) is 14.1. The van der Waals surface area contributed by atoms with Gasteiger partial charge in [-0.3, -0.25) is 4.79 Å². The molecule has 1 aliphatic heterocycles. The van der Waals surface area contributed by atoms with Gasteiger partial charge < -0.3 is 19.9 Å². The number of rotatable bonds is 3. The average molecular weight is 271 g/mol. The van der Waals surface area contributed by atoms with Crippen molar-refractivity contribution in [3.63, 3.8) is 0 Å². The number of fused-ring (bicyclic) bond motifs is 2. The molecule has 1 heterocycles. The first-order chi connectivity index (χ1) is 8.71. The summed E-state index contributed by atoms with van der Waals surface area (Å²) in [5.41, 5.74) is -1.06. The molecule has 0 aromatic rings. The Kier molecular flexibility index (Phi) is 3.47. The van der Waals surface area contributed by atoms with Crippen LogP contribution in [0.5, 0.6) is 0 Å². The van der Waals surface area contributed by atoms with Gasteiger partial charge in [0.25, 0.3) is 0 Å². The van der Waals surface area contributed by atoms with E-state index in [2.05, 4.69) is 5.32 Å². The number of carbonyl (C=O) groups excluding carboxylic acids is 1. The summed E-state index contributed by atoms with van der Waals surface area (Å²) in [5, 5.41) is 11.8. The normalized spacial score (nSPS) is 33.2. The molecule has 3 atom stereocenters. The summed E-state index contributed by atoms with van der Waals surface area (Å²) in [5.74, 6) is -1.06. The Hall–Kier alpha value is -1.30. The molecule has 1 aliphatic carbocycles. The summed E-state index contributed by atoms with van der Waals surface area (Å²) < 4.78 is 10.8. The Morgan fingerprint density at radius 1 is 1.42 bits per heavy atom. The van der Waals surface area contributed by atoms with Crippen LogP contribution in [0.3, 0.4) is 0 Å². The first-order valence-corrected chi connectivity index (χ1v) is 6.54. The molecule has 2 fully saturated rings. The molecule has 2 bridgehead atoms. The minimum absolute atomic E-state index is 0.0675. The fraction of sp³-hybridized carbons (Fsp3) is 0.846. The molecule has 19 heavy (non-hydrogen) atoms. The highest BCUT2D eigenvalue weighted by Gasteiger charge is 2.54. The summed E-state index contributed by atoms with van der Waals surface area (Å²) in [6, 6.07) is 0. The van der Waals surface area contributed by atoms with Crippen molar-refractivity contribution in [1.82, 2.24) is 5.32 Å². The maximum Gasteiger partial charge on any atom is 0.407 e. The Labute approximate surface area is 112 Å². The van der Waals surface area contributed by atoms with E-state index in [1.807, 2.05) is 0 Å². The molecule has 1 saturated carbocycles. The number of alkyl carbamates (subject to hydrolysis) is 1. The van der Waals surface area contributed by atoms with Crippen LogP contribution in [0.25, 0.3) is 0 Å². The number of hydrogen-bond donors (Lipinski definition) is 2. The van der Waals surface area contributed by atoms with Gasteiger partial charge in [0.05, 0.1) is 18.1 Å². The monoisotopic (exact) mass is 271 g/mol. The molecule has 2 rings (SSSR count). The van der Waals surface area contributed by atoms with Crippen LogP contribution in [0.1, 0.15) is 33.6 Å². The Balaban J connectivity index is 1.87. The minimum atomic E-state index is -0.771. The van der Waals surface area contributed by atoms with Crippen molar-refractivity contribution in [3.05, 3.63) is 0 Å². The lowest BCUT2D eigenvalue weighted by Crippen LogP contribution is -2.44. The predicted molar refractivity (Wildman–Crippen MR) is 66.8 cm³/mol. The van der Waals surface area contributed by atoms with Gasteiger partial charge in [-0.1, -0.05) is 0 Å². The molecule has 2 aliphatic rings. The van der Waals surface area contributed by atoms with E-state index < -0.39 is 23.3 Å². The smallest absolute Gasteiger partial charge is 0.407 e. The van der Waals surface area contributed by atoms with Gasteiger partial charge in [0.1, 0.15) is 5.60 Å². The second-order valence-electron chi connectivity index (χ2n) is 6.46. The lowest BCUT2D eigenvalue weighted by Gasteiger charge is -2.29. The Morgan fingerprint density at radius 3 is 2.63 bits per heavy atom. The molecule has 2 N–H and O–H groups in total. The summed E-state index contributed by atoms with van der Waals surface area (Å²) >= 11 is 0. The van der Waals surface area contributed by atoms with Crippen molar-refractivity contribution in [2.24, 2.45) is 11.8 Å². The van der Waals surface area contributed by atoms with E-state index in [0.29, 0.717) is 26.0 Å².